The van der Waals surface area contributed by atoms with Crippen molar-refractivity contribution in [3.63, 3.8) is 0 Å². The highest BCUT2D eigenvalue weighted by molar-refractivity contribution is 5.99. The second kappa shape index (κ2) is 10.1. The van der Waals surface area contributed by atoms with E-state index in [2.05, 4.69) is 10.6 Å². The molecule has 0 saturated carbocycles. The maximum Gasteiger partial charge on any atom is 0.339 e. The van der Waals surface area contributed by atoms with E-state index in [-0.39, 0.29) is 5.56 Å². The van der Waals surface area contributed by atoms with Crippen molar-refractivity contribution in [2.45, 2.75) is 20.0 Å². The lowest BCUT2D eigenvalue weighted by atomic mass is 10.1. The standard InChI is InChI=1S/C21H24N2O5/c1-14(2)13-27-17-11-7-10-16(12-17)20(25)28-18(15-8-5-4-6-9-15)19(24)23-21(26)22-3/h4-12,14,18H,13H2,1-3H3,(H2,22,23,24,26)/t18-/m1/s1. The first-order chi connectivity index (χ1) is 13.4. The van der Waals surface area contributed by atoms with E-state index in [1.807, 2.05) is 13.8 Å². The summed E-state index contributed by atoms with van der Waals surface area (Å²) in [5.41, 5.74) is 0.694. The van der Waals surface area contributed by atoms with Crippen molar-refractivity contribution >= 4 is 17.9 Å². The minimum absolute atomic E-state index is 0.245. The van der Waals surface area contributed by atoms with Crippen LogP contribution in [0.1, 0.15) is 35.9 Å². The molecule has 148 valence electrons. The summed E-state index contributed by atoms with van der Waals surface area (Å²) in [6.45, 7) is 4.56. The van der Waals surface area contributed by atoms with E-state index < -0.39 is 24.0 Å². The molecule has 2 aromatic rings. The average Bonchev–Trinajstić information content (AvgIpc) is 2.70. The molecule has 0 radical (unpaired) electrons. The molecule has 0 fully saturated rings. The van der Waals surface area contributed by atoms with Crippen molar-refractivity contribution in [2.75, 3.05) is 13.7 Å². The third kappa shape index (κ3) is 6.12. The molecule has 0 aromatic heterocycles. The Balaban J connectivity index is 2.19. The average molecular weight is 384 g/mol. The van der Waals surface area contributed by atoms with E-state index in [0.29, 0.717) is 23.8 Å². The molecule has 0 unspecified atom stereocenters. The normalized spacial score (nSPS) is 11.4. The predicted molar refractivity (Wildman–Crippen MR) is 104 cm³/mol. The molecule has 0 aliphatic rings. The minimum atomic E-state index is -1.27. The molecule has 2 aromatic carbocycles. The van der Waals surface area contributed by atoms with Gasteiger partial charge in [0.25, 0.3) is 5.91 Å². The number of amides is 3. The second-order valence-electron chi connectivity index (χ2n) is 6.50. The van der Waals surface area contributed by atoms with Crippen LogP contribution in [0.25, 0.3) is 0 Å². The molecule has 7 heteroatoms. The summed E-state index contributed by atoms with van der Waals surface area (Å²) in [5.74, 6) is -0.567. The van der Waals surface area contributed by atoms with E-state index in [0.717, 1.165) is 0 Å². The topological polar surface area (TPSA) is 93.7 Å². The van der Waals surface area contributed by atoms with Crippen molar-refractivity contribution in [3.8, 4) is 5.75 Å². The van der Waals surface area contributed by atoms with Crippen LogP contribution < -0.4 is 15.4 Å². The van der Waals surface area contributed by atoms with Crippen LogP contribution in [0.2, 0.25) is 0 Å². The molecule has 2 rings (SSSR count). The van der Waals surface area contributed by atoms with Crippen molar-refractivity contribution < 1.29 is 23.9 Å². The van der Waals surface area contributed by atoms with Crippen LogP contribution in [0, 0.1) is 5.92 Å². The number of rotatable bonds is 7. The van der Waals surface area contributed by atoms with Crippen molar-refractivity contribution in [1.82, 2.24) is 10.6 Å². The Labute approximate surface area is 164 Å². The number of benzene rings is 2. The summed E-state index contributed by atoms with van der Waals surface area (Å²) in [6.07, 6.45) is -1.27. The number of ether oxygens (including phenoxy) is 2. The van der Waals surface area contributed by atoms with Gasteiger partial charge in [-0.2, -0.15) is 0 Å². The van der Waals surface area contributed by atoms with Crippen molar-refractivity contribution in [1.29, 1.82) is 0 Å². The summed E-state index contributed by atoms with van der Waals surface area (Å²) < 4.78 is 11.0. The zero-order valence-corrected chi connectivity index (χ0v) is 16.1. The molecule has 0 bridgehead atoms. The quantitative estimate of drug-likeness (QED) is 0.716. The first-order valence-electron chi connectivity index (χ1n) is 8.92. The Morgan fingerprint density at radius 3 is 2.36 bits per heavy atom. The highest BCUT2D eigenvalue weighted by Gasteiger charge is 2.27. The van der Waals surface area contributed by atoms with Crippen LogP contribution >= 0.6 is 0 Å². The smallest absolute Gasteiger partial charge is 0.339 e. The number of imide groups is 1. The summed E-state index contributed by atoms with van der Waals surface area (Å²) in [7, 11) is 1.38. The lowest BCUT2D eigenvalue weighted by Gasteiger charge is -2.18. The minimum Gasteiger partial charge on any atom is -0.493 e. The molecule has 0 aliphatic carbocycles. The molecule has 0 aliphatic heterocycles. The number of carbonyl (C=O) groups excluding carboxylic acids is 3. The van der Waals surface area contributed by atoms with Crippen LogP contribution in [-0.4, -0.2) is 31.6 Å². The number of hydrogen-bond donors (Lipinski definition) is 2. The molecule has 1 atom stereocenters. The molecule has 7 nitrogen and oxygen atoms in total. The fourth-order valence-corrected chi connectivity index (χ4v) is 2.29. The van der Waals surface area contributed by atoms with Gasteiger partial charge in [-0.25, -0.2) is 9.59 Å². The molecule has 28 heavy (non-hydrogen) atoms. The molecule has 0 saturated heterocycles. The van der Waals surface area contributed by atoms with E-state index in [9.17, 15) is 14.4 Å². The highest BCUT2D eigenvalue weighted by Crippen LogP contribution is 2.21. The lowest BCUT2D eigenvalue weighted by molar-refractivity contribution is -0.129. The Hall–Kier alpha value is -3.35. The second-order valence-corrected chi connectivity index (χ2v) is 6.50. The third-order valence-electron chi connectivity index (χ3n) is 3.68. The number of urea groups is 1. The zero-order chi connectivity index (χ0) is 20.5. The van der Waals surface area contributed by atoms with Gasteiger partial charge >= 0.3 is 12.0 Å². The van der Waals surface area contributed by atoms with Crippen molar-refractivity contribution in [2.24, 2.45) is 5.92 Å². The van der Waals surface area contributed by atoms with Gasteiger partial charge in [-0.15, -0.1) is 0 Å². The third-order valence-corrected chi connectivity index (χ3v) is 3.68. The van der Waals surface area contributed by atoms with E-state index in [1.165, 1.54) is 7.05 Å². The SMILES string of the molecule is CNC(=O)NC(=O)[C@H](OC(=O)c1cccc(OCC(C)C)c1)c1ccccc1. The first kappa shape index (κ1) is 21.0. The summed E-state index contributed by atoms with van der Waals surface area (Å²) in [4.78, 5) is 36.6. The molecule has 3 amide bonds. The summed E-state index contributed by atoms with van der Waals surface area (Å²) in [5, 5.41) is 4.43. The van der Waals surface area contributed by atoms with Gasteiger partial charge in [0.1, 0.15) is 5.75 Å². The van der Waals surface area contributed by atoms with Gasteiger partial charge in [0, 0.05) is 12.6 Å². The van der Waals surface area contributed by atoms with Gasteiger partial charge in [0.05, 0.1) is 12.2 Å². The Morgan fingerprint density at radius 2 is 1.71 bits per heavy atom. The largest absolute Gasteiger partial charge is 0.493 e. The van der Waals surface area contributed by atoms with Gasteiger partial charge in [-0.1, -0.05) is 50.2 Å². The van der Waals surface area contributed by atoms with E-state index in [1.54, 1.807) is 54.6 Å². The fourth-order valence-electron chi connectivity index (χ4n) is 2.29. The van der Waals surface area contributed by atoms with Gasteiger partial charge in [-0.3, -0.25) is 10.1 Å². The van der Waals surface area contributed by atoms with Crippen LogP contribution in [0.5, 0.6) is 5.75 Å². The number of hydrogen-bond acceptors (Lipinski definition) is 5. The van der Waals surface area contributed by atoms with Gasteiger partial charge < -0.3 is 14.8 Å². The maximum absolute atomic E-state index is 12.6. The summed E-state index contributed by atoms with van der Waals surface area (Å²) >= 11 is 0. The van der Waals surface area contributed by atoms with Crippen LogP contribution in [-0.2, 0) is 9.53 Å². The monoisotopic (exact) mass is 384 g/mol. The van der Waals surface area contributed by atoms with E-state index in [4.69, 9.17) is 9.47 Å². The van der Waals surface area contributed by atoms with Crippen LogP contribution in [0.15, 0.2) is 54.6 Å². The van der Waals surface area contributed by atoms with Gasteiger partial charge in [0.15, 0.2) is 0 Å². The van der Waals surface area contributed by atoms with Gasteiger partial charge in [0.2, 0.25) is 6.10 Å². The molecule has 2 N–H and O–H groups in total. The van der Waals surface area contributed by atoms with E-state index >= 15 is 0 Å². The van der Waals surface area contributed by atoms with Crippen LogP contribution in [0.3, 0.4) is 0 Å². The molecule has 0 heterocycles. The fraction of sp³-hybridized carbons (Fsp3) is 0.286. The molecular weight excluding hydrogens is 360 g/mol. The molecule has 0 spiro atoms. The number of carbonyl (C=O) groups is 3. The summed E-state index contributed by atoms with van der Waals surface area (Å²) in [6, 6.07) is 14.3. The molecular formula is C21H24N2O5. The van der Waals surface area contributed by atoms with Crippen LogP contribution in [0.4, 0.5) is 4.79 Å². The Morgan fingerprint density at radius 1 is 1.00 bits per heavy atom. The van der Waals surface area contributed by atoms with Crippen molar-refractivity contribution in [3.05, 3.63) is 65.7 Å². The Kier molecular flexibility index (Phi) is 7.56. The lowest BCUT2D eigenvalue weighted by Crippen LogP contribution is -2.41. The maximum atomic E-state index is 12.6. The zero-order valence-electron chi connectivity index (χ0n) is 16.1. The highest BCUT2D eigenvalue weighted by atomic mass is 16.5. The Bertz CT molecular complexity index is 821. The predicted octanol–water partition coefficient (Wildman–Crippen LogP) is 3.08. The number of nitrogens with one attached hydrogen (secondary N) is 2. The number of esters is 1. The van der Waals surface area contributed by atoms with Gasteiger partial charge in [-0.05, 0) is 24.1 Å². The first-order valence-corrected chi connectivity index (χ1v) is 8.92.